The molecule has 1 aliphatic heterocycles. The Morgan fingerprint density at radius 2 is 1.83 bits per heavy atom. The molecule has 2 fully saturated rings. The molecule has 0 aromatic carbocycles. The summed E-state index contributed by atoms with van der Waals surface area (Å²) in [4.78, 5) is 5.51. The topological polar surface area (TPSA) is 27.0 Å². The van der Waals surface area contributed by atoms with E-state index < -0.39 is 11.6 Å². The molecule has 0 atom stereocenters. The summed E-state index contributed by atoms with van der Waals surface area (Å²) in [6, 6.07) is 4.08. The summed E-state index contributed by atoms with van der Waals surface area (Å²) in [5.41, 5.74) is 0.644. The highest BCUT2D eigenvalue weighted by atomic mass is 32.1. The number of hydrogen-bond acceptors (Lipinski definition) is 3. The van der Waals surface area contributed by atoms with E-state index in [1.54, 1.807) is 17.9 Å². The average Bonchev–Trinajstić information content (AvgIpc) is 2.92. The first-order valence-electron chi connectivity index (χ1n) is 10.8. The average molecular weight is 429 g/mol. The zero-order valence-electron chi connectivity index (χ0n) is 18.2. The van der Waals surface area contributed by atoms with Crippen LogP contribution in [0.5, 0.6) is 0 Å². The Balaban J connectivity index is 0.000000211. The van der Waals surface area contributed by atoms with Crippen molar-refractivity contribution in [1.82, 2.24) is 4.90 Å². The summed E-state index contributed by atoms with van der Waals surface area (Å²) in [6.45, 7) is 10.7. The Morgan fingerprint density at radius 3 is 2.34 bits per heavy atom. The quantitative estimate of drug-likeness (QED) is 0.521. The van der Waals surface area contributed by atoms with Crippen LogP contribution in [0, 0.1) is 30.1 Å². The lowest BCUT2D eigenvalue weighted by atomic mass is 9.73. The smallest absolute Gasteiger partial charge is 0.248 e. The van der Waals surface area contributed by atoms with Crippen LogP contribution in [0.1, 0.15) is 74.6 Å². The molecule has 1 aromatic heterocycles. The number of hydrogen-bond donors (Lipinski definition) is 0. The number of alkyl halides is 3. The Bertz CT molecular complexity index is 677. The third-order valence-corrected chi connectivity index (χ3v) is 7.04. The van der Waals surface area contributed by atoms with Crippen LogP contribution in [0.15, 0.2) is 6.07 Å². The summed E-state index contributed by atoms with van der Waals surface area (Å²) in [5.74, 6) is -1.39. The molecule has 2 nitrogen and oxygen atoms in total. The van der Waals surface area contributed by atoms with Crippen LogP contribution in [0.2, 0.25) is 0 Å². The van der Waals surface area contributed by atoms with Crippen molar-refractivity contribution in [2.75, 3.05) is 13.1 Å². The third-order valence-electron chi connectivity index (χ3n) is 5.89. The van der Waals surface area contributed by atoms with E-state index >= 15 is 0 Å². The van der Waals surface area contributed by atoms with Gasteiger partial charge in [0.05, 0.1) is 6.07 Å². The van der Waals surface area contributed by atoms with Crippen LogP contribution < -0.4 is 0 Å². The van der Waals surface area contributed by atoms with E-state index in [-0.39, 0.29) is 12.8 Å². The normalized spacial score (nSPS) is 27.7. The van der Waals surface area contributed by atoms with Gasteiger partial charge in [0.15, 0.2) is 0 Å². The number of thiophene rings is 1. The lowest BCUT2D eigenvalue weighted by molar-refractivity contribution is -0.112. The third kappa shape index (κ3) is 7.61. The van der Waals surface area contributed by atoms with Crippen LogP contribution in [-0.2, 0) is 13.0 Å². The van der Waals surface area contributed by atoms with Crippen molar-refractivity contribution in [3.05, 3.63) is 21.4 Å². The molecule has 0 amide bonds. The minimum absolute atomic E-state index is 0.140. The number of nitriles is 1. The molecule has 2 aliphatic carbocycles. The van der Waals surface area contributed by atoms with Gasteiger partial charge in [0.1, 0.15) is 5.67 Å². The second kappa shape index (κ2) is 10.3. The van der Waals surface area contributed by atoms with E-state index in [9.17, 15) is 13.2 Å². The molecule has 0 radical (unpaired) electrons. The molecular formula is C23H35F3N2S. The first kappa shape index (κ1) is 24.2. The summed E-state index contributed by atoms with van der Waals surface area (Å²) >= 11 is 1.94. The molecular weight excluding hydrogens is 393 g/mol. The molecule has 0 bridgehead atoms. The SMILES string of the molecule is CC#N.CCCC1CC(F)(F)C1.Cc1cc2c(s1)CCN(CC1CC(C)(F)C1)C2. The zero-order chi connectivity index (χ0) is 21.7. The molecule has 164 valence electrons. The fourth-order valence-corrected chi connectivity index (χ4v) is 5.77. The van der Waals surface area contributed by atoms with Crippen LogP contribution in [0.25, 0.3) is 0 Å². The molecule has 0 saturated heterocycles. The first-order valence-corrected chi connectivity index (χ1v) is 11.6. The van der Waals surface area contributed by atoms with Gasteiger partial charge in [-0.3, -0.25) is 4.90 Å². The largest absolute Gasteiger partial charge is 0.298 e. The maximum absolute atomic E-state index is 13.4. The second-order valence-electron chi connectivity index (χ2n) is 9.12. The second-order valence-corrected chi connectivity index (χ2v) is 10.5. The highest BCUT2D eigenvalue weighted by Gasteiger charge is 2.44. The van der Waals surface area contributed by atoms with Crippen molar-refractivity contribution < 1.29 is 13.2 Å². The van der Waals surface area contributed by atoms with Crippen molar-refractivity contribution in [1.29, 1.82) is 5.26 Å². The molecule has 0 spiro atoms. The number of aryl methyl sites for hydroxylation is 1. The molecule has 2 heterocycles. The Morgan fingerprint density at radius 1 is 1.21 bits per heavy atom. The molecule has 29 heavy (non-hydrogen) atoms. The van der Waals surface area contributed by atoms with Gasteiger partial charge < -0.3 is 0 Å². The predicted molar refractivity (Wildman–Crippen MR) is 114 cm³/mol. The highest BCUT2D eigenvalue weighted by molar-refractivity contribution is 7.12. The van der Waals surface area contributed by atoms with E-state index in [1.807, 2.05) is 18.3 Å². The van der Waals surface area contributed by atoms with E-state index in [4.69, 9.17) is 5.26 Å². The predicted octanol–water partition coefficient (Wildman–Crippen LogP) is 6.91. The Hall–Kier alpha value is -1.06. The van der Waals surface area contributed by atoms with E-state index in [2.05, 4.69) is 17.9 Å². The fourth-order valence-electron chi connectivity index (χ4n) is 4.73. The van der Waals surface area contributed by atoms with Gasteiger partial charge in [-0.15, -0.1) is 11.3 Å². The van der Waals surface area contributed by atoms with Gasteiger partial charge in [0.2, 0.25) is 5.92 Å². The van der Waals surface area contributed by atoms with Crippen molar-refractivity contribution in [3.8, 4) is 6.07 Å². The molecule has 1 aromatic rings. The number of fused-ring (bicyclic) bond motifs is 1. The Labute approximate surface area is 178 Å². The maximum Gasteiger partial charge on any atom is 0.248 e. The summed E-state index contributed by atoms with van der Waals surface area (Å²) in [6.07, 6.45) is 5.02. The lowest BCUT2D eigenvalue weighted by Crippen LogP contribution is -2.44. The molecule has 0 N–H and O–H groups in total. The van der Waals surface area contributed by atoms with Crippen LogP contribution in [-0.4, -0.2) is 29.6 Å². The summed E-state index contributed by atoms with van der Waals surface area (Å²) in [5, 5.41) is 7.32. The van der Waals surface area contributed by atoms with Crippen molar-refractivity contribution >= 4 is 11.3 Å². The zero-order valence-corrected chi connectivity index (χ0v) is 19.1. The standard InChI is InChI=1S/C14H20FNS.C7H12F2.C2H3N/c1-10-5-12-9-16(4-3-13(12)17-10)8-11-6-14(2,15)7-11;1-2-3-6-4-7(8,9)5-6;1-2-3/h5,11H,3-4,6-9H2,1-2H3;6H,2-5H2,1H3;1H3. The van der Waals surface area contributed by atoms with Gasteiger partial charge in [-0.05, 0) is 56.6 Å². The van der Waals surface area contributed by atoms with Gasteiger partial charge in [-0.25, -0.2) is 13.2 Å². The molecule has 2 saturated carbocycles. The highest BCUT2D eigenvalue weighted by Crippen LogP contribution is 2.44. The van der Waals surface area contributed by atoms with Gasteiger partial charge in [-0.1, -0.05) is 19.8 Å². The molecule has 3 aliphatic rings. The summed E-state index contributed by atoms with van der Waals surface area (Å²) < 4.78 is 37.7. The van der Waals surface area contributed by atoms with Crippen LogP contribution >= 0.6 is 11.3 Å². The van der Waals surface area contributed by atoms with E-state index in [0.29, 0.717) is 11.8 Å². The minimum atomic E-state index is -2.31. The number of rotatable bonds is 4. The minimum Gasteiger partial charge on any atom is -0.298 e. The summed E-state index contributed by atoms with van der Waals surface area (Å²) in [7, 11) is 0. The monoisotopic (exact) mass is 428 g/mol. The van der Waals surface area contributed by atoms with E-state index in [0.717, 1.165) is 45.3 Å². The van der Waals surface area contributed by atoms with E-state index in [1.165, 1.54) is 23.8 Å². The molecule has 4 rings (SSSR count). The van der Waals surface area contributed by atoms with Crippen molar-refractivity contribution in [2.24, 2.45) is 11.8 Å². The maximum atomic E-state index is 13.4. The van der Waals surface area contributed by atoms with Gasteiger partial charge in [0.25, 0.3) is 0 Å². The number of halogens is 3. The fraction of sp³-hybridized carbons (Fsp3) is 0.783. The molecule has 0 unspecified atom stereocenters. The van der Waals surface area contributed by atoms with Crippen LogP contribution in [0.3, 0.4) is 0 Å². The van der Waals surface area contributed by atoms with Gasteiger partial charge >= 0.3 is 0 Å². The lowest BCUT2D eigenvalue weighted by Gasteiger charge is -2.42. The van der Waals surface area contributed by atoms with Crippen molar-refractivity contribution in [3.63, 3.8) is 0 Å². The van der Waals surface area contributed by atoms with Crippen LogP contribution in [0.4, 0.5) is 13.2 Å². The van der Waals surface area contributed by atoms with Gasteiger partial charge in [0, 0.05) is 49.2 Å². The van der Waals surface area contributed by atoms with Gasteiger partial charge in [-0.2, -0.15) is 5.26 Å². The Kier molecular flexibility index (Phi) is 8.60. The van der Waals surface area contributed by atoms with Crippen molar-refractivity contribution in [2.45, 2.75) is 90.8 Å². The number of nitrogens with zero attached hydrogens (tertiary/aromatic N) is 2. The first-order chi connectivity index (χ1) is 13.6. The molecule has 6 heteroatoms.